The van der Waals surface area contributed by atoms with Crippen LogP contribution in [0.2, 0.25) is 0 Å². The Morgan fingerprint density at radius 3 is 2.68 bits per heavy atom. The third-order valence-electron chi connectivity index (χ3n) is 5.20. The molecule has 1 amide bonds. The number of nitrogens with zero attached hydrogens (tertiary/aromatic N) is 1. The highest BCUT2D eigenvalue weighted by Gasteiger charge is 2.22. The first-order valence-electron chi connectivity index (χ1n) is 10.7. The van der Waals surface area contributed by atoms with Crippen molar-refractivity contribution in [2.24, 2.45) is 0 Å². The number of likely N-dealkylation sites (tertiary alicyclic amines) is 1. The third kappa shape index (κ3) is 5.77. The van der Waals surface area contributed by atoms with Gasteiger partial charge in [0.25, 0.3) is 5.91 Å². The van der Waals surface area contributed by atoms with Crippen molar-refractivity contribution in [2.45, 2.75) is 18.9 Å². The summed E-state index contributed by atoms with van der Waals surface area (Å²) in [5, 5.41) is 14.0. The Morgan fingerprint density at radius 1 is 1.06 bits per heavy atom. The Balaban J connectivity index is 1.19. The molecule has 1 saturated heterocycles. The molecule has 1 atom stereocenters. The fraction of sp³-hybridized carbons (Fsp3) is 0.375. The zero-order valence-corrected chi connectivity index (χ0v) is 17.5. The molecule has 1 unspecified atom stereocenters. The van der Waals surface area contributed by atoms with E-state index in [4.69, 9.17) is 13.9 Å². The lowest BCUT2D eigenvalue weighted by molar-refractivity contribution is 0.0763. The van der Waals surface area contributed by atoms with E-state index in [2.05, 4.69) is 5.32 Å². The molecule has 31 heavy (non-hydrogen) atoms. The minimum atomic E-state index is -0.603. The molecular formula is C24H28N2O5. The SMILES string of the molecule is O=C(c1cc2cc(OCCNCC(O)COc3ccccc3)ccc2o1)N1CCCC1. The maximum absolute atomic E-state index is 12.5. The van der Waals surface area contributed by atoms with E-state index < -0.39 is 6.10 Å². The number of amides is 1. The van der Waals surface area contributed by atoms with Crippen LogP contribution in [0.15, 0.2) is 59.0 Å². The van der Waals surface area contributed by atoms with Crippen molar-refractivity contribution in [2.75, 3.05) is 39.4 Å². The first-order valence-corrected chi connectivity index (χ1v) is 10.7. The van der Waals surface area contributed by atoms with Crippen molar-refractivity contribution in [1.82, 2.24) is 10.2 Å². The van der Waals surface area contributed by atoms with E-state index in [0.717, 1.165) is 37.1 Å². The molecule has 7 heteroatoms. The van der Waals surface area contributed by atoms with Gasteiger partial charge in [0.15, 0.2) is 5.76 Å². The number of rotatable bonds is 10. The number of nitrogens with one attached hydrogen (secondary N) is 1. The number of hydrogen-bond donors (Lipinski definition) is 2. The van der Waals surface area contributed by atoms with Crippen LogP contribution in [0.25, 0.3) is 11.0 Å². The number of para-hydroxylation sites is 1. The van der Waals surface area contributed by atoms with E-state index in [1.165, 1.54) is 0 Å². The van der Waals surface area contributed by atoms with E-state index in [1.807, 2.05) is 53.4 Å². The summed E-state index contributed by atoms with van der Waals surface area (Å²) in [5.41, 5.74) is 0.676. The quantitative estimate of drug-likeness (QED) is 0.487. The van der Waals surface area contributed by atoms with Gasteiger partial charge < -0.3 is 29.2 Å². The second kappa shape index (κ2) is 10.3. The Labute approximate surface area is 181 Å². The molecule has 0 saturated carbocycles. The van der Waals surface area contributed by atoms with Crippen LogP contribution in [0.1, 0.15) is 23.4 Å². The first kappa shape index (κ1) is 21.2. The van der Waals surface area contributed by atoms with E-state index in [9.17, 15) is 9.90 Å². The molecular weight excluding hydrogens is 396 g/mol. The molecule has 1 aliphatic heterocycles. The maximum atomic E-state index is 12.5. The Kier molecular flexibility index (Phi) is 7.07. The second-order valence-electron chi connectivity index (χ2n) is 7.64. The van der Waals surface area contributed by atoms with Gasteiger partial charge in [-0.1, -0.05) is 18.2 Å². The van der Waals surface area contributed by atoms with E-state index in [1.54, 1.807) is 6.07 Å². The highest BCUT2D eigenvalue weighted by molar-refractivity contribution is 5.96. The van der Waals surface area contributed by atoms with E-state index in [-0.39, 0.29) is 12.5 Å². The summed E-state index contributed by atoms with van der Waals surface area (Å²) in [7, 11) is 0. The smallest absolute Gasteiger partial charge is 0.289 e. The van der Waals surface area contributed by atoms with Gasteiger partial charge in [0.2, 0.25) is 0 Å². The van der Waals surface area contributed by atoms with Gasteiger partial charge in [-0.05, 0) is 49.2 Å². The average molecular weight is 424 g/mol. The fourth-order valence-corrected chi connectivity index (χ4v) is 3.57. The molecule has 0 spiro atoms. The van der Waals surface area contributed by atoms with Crippen LogP contribution in [-0.2, 0) is 0 Å². The molecule has 0 radical (unpaired) electrons. The van der Waals surface area contributed by atoms with Gasteiger partial charge >= 0.3 is 0 Å². The predicted molar refractivity (Wildman–Crippen MR) is 118 cm³/mol. The van der Waals surface area contributed by atoms with Crippen molar-refractivity contribution in [3.63, 3.8) is 0 Å². The molecule has 1 fully saturated rings. The van der Waals surface area contributed by atoms with Crippen molar-refractivity contribution in [1.29, 1.82) is 0 Å². The summed E-state index contributed by atoms with van der Waals surface area (Å²) >= 11 is 0. The normalized spacial score (nSPS) is 14.7. The zero-order valence-electron chi connectivity index (χ0n) is 17.5. The number of carbonyl (C=O) groups excluding carboxylic acids is 1. The highest BCUT2D eigenvalue weighted by atomic mass is 16.5. The van der Waals surface area contributed by atoms with Crippen LogP contribution in [0.5, 0.6) is 11.5 Å². The largest absolute Gasteiger partial charge is 0.492 e. The first-order chi connectivity index (χ1) is 15.2. The number of aliphatic hydroxyl groups excluding tert-OH is 1. The molecule has 164 valence electrons. The lowest BCUT2D eigenvalue weighted by atomic mass is 10.2. The Hall–Kier alpha value is -3.03. The summed E-state index contributed by atoms with van der Waals surface area (Å²) in [6.07, 6.45) is 1.50. The average Bonchev–Trinajstić information content (AvgIpc) is 3.47. The van der Waals surface area contributed by atoms with Gasteiger partial charge in [0, 0.05) is 31.6 Å². The molecule has 3 aromatic rings. The summed E-state index contributed by atoms with van der Waals surface area (Å²) in [6, 6.07) is 16.7. The van der Waals surface area contributed by atoms with Gasteiger partial charge in [-0.3, -0.25) is 4.79 Å². The summed E-state index contributed by atoms with van der Waals surface area (Å²) < 4.78 is 17.0. The van der Waals surface area contributed by atoms with Crippen LogP contribution in [0.3, 0.4) is 0 Å². The van der Waals surface area contributed by atoms with Crippen molar-refractivity contribution < 1.29 is 23.8 Å². The molecule has 1 aliphatic rings. The molecule has 2 aromatic carbocycles. The fourth-order valence-electron chi connectivity index (χ4n) is 3.57. The van der Waals surface area contributed by atoms with Crippen molar-refractivity contribution >= 4 is 16.9 Å². The van der Waals surface area contributed by atoms with Crippen LogP contribution in [-0.4, -0.2) is 61.4 Å². The molecule has 0 aliphatic carbocycles. The molecule has 7 nitrogen and oxygen atoms in total. The second-order valence-corrected chi connectivity index (χ2v) is 7.64. The van der Waals surface area contributed by atoms with Crippen LogP contribution < -0.4 is 14.8 Å². The number of fused-ring (bicyclic) bond motifs is 1. The molecule has 1 aromatic heterocycles. The minimum Gasteiger partial charge on any atom is -0.492 e. The number of benzene rings is 2. The van der Waals surface area contributed by atoms with Crippen molar-refractivity contribution in [3.8, 4) is 11.5 Å². The summed E-state index contributed by atoms with van der Waals surface area (Å²) in [5.74, 6) is 1.78. The Bertz CT molecular complexity index is 982. The lowest BCUT2D eigenvalue weighted by Crippen LogP contribution is -2.33. The standard InChI is InChI=1S/C24H28N2O5/c27-19(17-30-20-6-2-1-3-7-20)16-25-10-13-29-21-8-9-22-18(14-21)15-23(31-22)24(28)26-11-4-5-12-26/h1-3,6-9,14-15,19,25,27H,4-5,10-13,16-17H2. The van der Waals surface area contributed by atoms with Gasteiger partial charge in [0.1, 0.15) is 36.4 Å². The predicted octanol–water partition coefficient (Wildman–Crippen LogP) is 3.08. The number of ether oxygens (including phenoxy) is 2. The minimum absolute atomic E-state index is 0.0461. The molecule has 0 bridgehead atoms. The summed E-state index contributed by atoms with van der Waals surface area (Å²) in [6.45, 7) is 3.28. The lowest BCUT2D eigenvalue weighted by Gasteiger charge is -2.13. The molecule has 4 rings (SSSR count). The topological polar surface area (TPSA) is 84.2 Å². The third-order valence-corrected chi connectivity index (χ3v) is 5.20. The van der Waals surface area contributed by atoms with Crippen LogP contribution in [0, 0.1) is 0 Å². The number of aliphatic hydroxyl groups is 1. The zero-order chi connectivity index (χ0) is 21.5. The van der Waals surface area contributed by atoms with E-state index >= 15 is 0 Å². The number of hydrogen-bond acceptors (Lipinski definition) is 6. The molecule has 2 N–H and O–H groups in total. The van der Waals surface area contributed by atoms with Crippen LogP contribution >= 0.6 is 0 Å². The van der Waals surface area contributed by atoms with Gasteiger partial charge in [-0.2, -0.15) is 0 Å². The molecule has 2 heterocycles. The monoisotopic (exact) mass is 424 g/mol. The van der Waals surface area contributed by atoms with Gasteiger partial charge in [0.05, 0.1) is 0 Å². The highest BCUT2D eigenvalue weighted by Crippen LogP contribution is 2.26. The number of furan rings is 1. The van der Waals surface area contributed by atoms with Gasteiger partial charge in [-0.25, -0.2) is 0 Å². The number of carbonyl (C=O) groups is 1. The van der Waals surface area contributed by atoms with Crippen molar-refractivity contribution in [3.05, 3.63) is 60.4 Å². The van der Waals surface area contributed by atoms with Gasteiger partial charge in [-0.15, -0.1) is 0 Å². The van der Waals surface area contributed by atoms with E-state index in [0.29, 0.717) is 36.8 Å². The summed E-state index contributed by atoms with van der Waals surface area (Å²) in [4.78, 5) is 14.3. The Morgan fingerprint density at radius 2 is 1.87 bits per heavy atom. The van der Waals surface area contributed by atoms with Crippen LogP contribution in [0.4, 0.5) is 0 Å². The maximum Gasteiger partial charge on any atom is 0.289 e.